The van der Waals surface area contributed by atoms with E-state index in [0.717, 1.165) is 13.1 Å². The standard InChI is InChI=1S/C16H19FN4O2.ClH/c1-10-6-12(2-3-13(10)17)16-20-15(23-21-16)5-4-14(22)19-9-11-7-18-8-11;/h2-3,6,11,18H,4-5,7-9H2,1H3,(H,19,22);1H. The fraction of sp³-hybridized carbons (Fsp3) is 0.438. The first-order valence-corrected chi connectivity index (χ1v) is 7.68. The van der Waals surface area contributed by atoms with Crippen LogP contribution in [-0.4, -0.2) is 35.7 Å². The van der Waals surface area contributed by atoms with E-state index in [4.69, 9.17) is 4.52 Å². The fourth-order valence-electron chi connectivity index (χ4n) is 2.32. The number of amides is 1. The zero-order valence-corrected chi connectivity index (χ0v) is 14.2. The molecule has 0 saturated carbocycles. The van der Waals surface area contributed by atoms with Gasteiger partial charge < -0.3 is 15.2 Å². The van der Waals surface area contributed by atoms with Crippen LogP contribution in [-0.2, 0) is 11.2 Å². The Morgan fingerprint density at radius 3 is 2.92 bits per heavy atom. The van der Waals surface area contributed by atoms with E-state index in [1.165, 1.54) is 6.07 Å². The Bertz CT molecular complexity index is 703. The number of nitrogens with zero attached hydrogens (tertiary/aromatic N) is 2. The molecule has 0 spiro atoms. The molecule has 1 aliphatic heterocycles. The predicted octanol–water partition coefficient (Wildman–Crippen LogP) is 1.87. The van der Waals surface area contributed by atoms with Crippen LogP contribution in [0.1, 0.15) is 17.9 Å². The van der Waals surface area contributed by atoms with E-state index < -0.39 is 0 Å². The number of benzene rings is 1. The molecule has 0 radical (unpaired) electrons. The van der Waals surface area contributed by atoms with Gasteiger partial charge in [-0.05, 0) is 30.7 Å². The summed E-state index contributed by atoms with van der Waals surface area (Å²) in [5, 5.41) is 9.94. The van der Waals surface area contributed by atoms with Crippen molar-refractivity contribution in [3.8, 4) is 11.4 Å². The summed E-state index contributed by atoms with van der Waals surface area (Å²) in [6.07, 6.45) is 0.701. The van der Waals surface area contributed by atoms with Gasteiger partial charge in [-0.3, -0.25) is 4.79 Å². The topological polar surface area (TPSA) is 80.0 Å². The second-order valence-electron chi connectivity index (χ2n) is 5.80. The van der Waals surface area contributed by atoms with E-state index in [1.54, 1.807) is 19.1 Å². The molecule has 1 aromatic carbocycles. The van der Waals surface area contributed by atoms with Crippen LogP contribution in [0.3, 0.4) is 0 Å². The number of aromatic nitrogens is 2. The zero-order chi connectivity index (χ0) is 16.2. The van der Waals surface area contributed by atoms with Gasteiger partial charge in [-0.1, -0.05) is 5.16 Å². The summed E-state index contributed by atoms with van der Waals surface area (Å²) < 4.78 is 18.4. The Morgan fingerprint density at radius 2 is 2.25 bits per heavy atom. The van der Waals surface area contributed by atoms with Crippen molar-refractivity contribution in [3.05, 3.63) is 35.5 Å². The Labute approximate surface area is 145 Å². The van der Waals surface area contributed by atoms with Gasteiger partial charge in [0.15, 0.2) is 0 Å². The minimum Gasteiger partial charge on any atom is -0.356 e. The molecule has 0 unspecified atom stereocenters. The molecule has 0 atom stereocenters. The van der Waals surface area contributed by atoms with Gasteiger partial charge in [0.25, 0.3) is 0 Å². The lowest BCUT2D eigenvalue weighted by Crippen LogP contribution is -2.48. The molecular formula is C16H20ClFN4O2. The molecule has 1 amide bonds. The number of aryl methyl sites for hydroxylation is 2. The van der Waals surface area contributed by atoms with E-state index >= 15 is 0 Å². The molecule has 24 heavy (non-hydrogen) atoms. The Morgan fingerprint density at radius 1 is 1.46 bits per heavy atom. The average Bonchev–Trinajstić information content (AvgIpc) is 2.95. The van der Waals surface area contributed by atoms with Gasteiger partial charge in [-0.15, -0.1) is 12.4 Å². The van der Waals surface area contributed by atoms with Crippen molar-refractivity contribution in [1.29, 1.82) is 0 Å². The Kier molecular flexibility index (Phi) is 6.28. The minimum absolute atomic E-state index is 0. The first kappa shape index (κ1) is 18.4. The number of hydrogen-bond acceptors (Lipinski definition) is 5. The predicted molar refractivity (Wildman–Crippen MR) is 89.4 cm³/mol. The molecule has 1 fully saturated rings. The summed E-state index contributed by atoms with van der Waals surface area (Å²) in [5.74, 6) is 1.06. The smallest absolute Gasteiger partial charge is 0.227 e. The SMILES string of the molecule is Cc1cc(-c2noc(CCC(=O)NCC3CNC3)n2)ccc1F.Cl. The summed E-state index contributed by atoms with van der Waals surface area (Å²) in [6.45, 7) is 4.31. The van der Waals surface area contributed by atoms with E-state index in [-0.39, 0.29) is 24.1 Å². The molecule has 2 aromatic rings. The van der Waals surface area contributed by atoms with Crippen molar-refractivity contribution in [2.75, 3.05) is 19.6 Å². The minimum atomic E-state index is -0.268. The summed E-state index contributed by atoms with van der Waals surface area (Å²) in [4.78, 5) is 16.0. The van der Waals surface area contributed by atoms with Gasteiger partial charge in [-0.25, -0.2) is 4.39 Å². The number of hydrogen-bond donors (Lipinski definition) is 2. The highest BCUT2D eigenvalue weighted by Gasteiger charge is 2.17. The van der Waals surface area contributed by atoms with E-state index in [9.17, 15) is 9.18 Å². The highest BCUT2D eigenvalue weighted by Crippen LogP contribution is 2.19. The molecule has 2 N–H and O–H groups in total. The van der Waals surface area contributed by atoms with Gasteiger partial charge in [0.2, 0.25) is 17.6 Å². The number of carbonyl (C=O) groups excluding carboxylic acids is 1. The quantitative estimate of drug-likeness (QED) is 0.828. The third-order valence-electron chi connectivity index (χ3n) is 3.90. The summed E-state index contributed by atoms with van der Waals surface area (Å²) >= 11 is 0. The van der Waals surface area contributed by atoms with Crippen LogP contribution in [0.4, 0.5) is 4.39 Å². The first-order chi connectivity index (χ1) is 11.1. The van der Waals surface area contributed by atoms with Crippen LogP contribution in [0.5, 0.6) is 0 Å². The Balaban J connectivity index is 0.00000208. The van der Waals surface area contributed by atoms with Crippen molar-refractivity contribution < 1.29 is 13.7 Å². The van der Waals surface area contributed by atoms with E-state index in [0.29, 0.717) is 48.1 Å². The zero-order valence-electron chi connectivity index (χ0n) is 13.3. The van der Waals surface area contributed by atoms with Crippen LogP contribution in [0.2, 0.25) is 0 Å². The Hall–Kier alpha value is -1.99. The maximum Gasteiger partial charge on any atom is 0.227 e. The molecule has 1 aliphatic rings. The van der Waals surface area contributed by atoms with Gasteiger partial charge in [0, 0.05) is 44.0 Å². The lowest BCUT2D eigenvalue weighted by atomic mass is 10.0. The van der Waals surface area contributed by atoms with Crippen LogP contribution in [0.15, 0.2) is 22.7 Å². The van der Waals surface area contributed by atoms with Crippen molar-refractivity contribution >= 4 is 18.3 Å². The van der Waals surface area contributed by atoms with Gasteiger partial charge >= 0.3 is 0 Å². The molecule has 2 heterocycles. The second kappa shape index (κ2) is 8.21. The molecule has 130 valence electrons. The molecule has 6 nitrogen and oxygen atoms in total. The molecule has 1 saturated heterocycles. The van der Waals surface area contributed by atoms with Crippen LogP contribution in [0.25, 0.3) is 11.4 Å². The summed E-state index contributed by atoms with van der Waals surface area (Å²) in [6, 6.07) is 4.66. The third-order valence-corrected chi connectivity index (χ3v) is 3.90. The summed E-state index contributed by atoms with van der Waals surface area (Å²) in [5.41, 5.74) is 1.22. The number of carbonyl (C=O) groups is 1. The van der Waals surface area contributed by atoms with E-state index in [1.807, 2.05) is 0 Å². The lowest BCUT2D eigenvalue weighted by molar-refractivity contribution is -0.121. The average molecular weight is 355 g/mol. The molecule has 1 aromatic heterocycles. The van der Waals surface area contributed by atoms with Crippen molar-refractivity contribution in [2.24, 2.45) is 5.92 Å². The number of nitrogens with one attached hydrogen (secondary N) is 2. The maximum absolute atomic E-state index is 13.3. The third kappa shape index (κ3) is 4.52. The molecule has 8 heteroatoms. The highest BCUT2D eigenvalue weighted by atomic mass is 35.5. The van der Waals surface area contributed by atoms with Gasteiger partial charge in [-0.2, -0.15) is 4.98 Å². The monoisotopic (exact) mass is 354 g/mol. The van der Waals surface area contributed by atoms with Crippen LogP contribution in [0, 0.1) is 18.7 Å². The van der Waals surface area contributed by atoms with E-state index in [2.05, 4.69) is 20.8 Å². The first-order valence-electron chi connectivity index (χ1n) is 7.68. The maximum atomic E-state index is 13.3. The van der Waals surface area contributed by atoms with Gasteiger partial charge in [0.05, 0.1) is 0 Å². The lowest BCUT2D eigenvalue weighted by Gasteiger charge is -2.27. The molecule has 0 aliphatic carbocycles. The highest BCUT2D eigenvalue weighted by molar-refractivity contribution is 5.85. The second-order valence-corrected chi connectivity index (χ2v) is 5.80. The number of rotatable bonds is 6. The summed E-state index contributed by atoms with van der Waals surface area (Å²) in [7, 11) is 0. The van der Waals surface area contributed by atoms with Crippen molar-refractivity contribution in [2.45, 2.75) is 19.8 Å². The normalized spacial score (nSPS) is 13.9. The molecule has 3 rings (SSSR count). The fourth-order valence-corrected chi connectivity index (χ4v) is 2.32. The van der Waals surface area contributed by atoms with Crippen LogP contribution < -0.4 is 10.6 Å². The largest absolute Gasteiger partial charge is 0.356 e. The van der Waals surface area contributed by atoms with Gasteiger partial charge in [0.1, 0.15) is 5.82 Å². The van der Waals surface area contributed by atoms with Crippen LogP contribution >= 0.6 is 12.4 Å². The van der Waals surface area contributed by atoms with Crippen molar-refractivity contribution in [1.82, 2.24) is 20.8 Å². The molecular weight excluding hydrogens is 335 g/mol. The number of halogens is 2. The van der Waals surface area contributed by atoms with Crippen molar-refractivity contribution in [3.63, 3.8) is 0 Å². The molecule has 0 bridgehead atoms.